The highest BCUT2D eigenvalue weighted by molar-refractivity contribution is 6.14. The van der Waals surface area contributed by atoms with E-state index < -0.39 is 23.6 Å². The van der Waals surface area contributed by atoms with Gasteiger partial charge in [0.1, 0.15) is 34.0 Å². The number of rotatable bonds is 17. The van der Waals surface area contributed by atoms with Gasteiger partial charge in [-0.1, -0.05) is 18.2 Å². The Morgan fingerprint density at radius 2 is 1.42 bits per heavy atom. The lowest BCUT2D eigenvalue weighted by Gasteiger charge is -2.13. The number of aliphatic hydroxyl groups excluding tert-OH is 1. The van der Waals surface area contributed by atoms with Crippen molar-refractivity contribution in [2.75, 3.05) is 23.8 Å². The van der Waals surface area contributed by atoms with E-state index in [4.69, 9.17) is 30.6 Å². The number of aromatic nitrogens is 8. The number of allylic oxidation sites excluding steroid dienone is 3. The highest BCUT2D eigenvalue weighted by atomic mass is 16.5. The van der Waals surface area contributed by atoms with Crippen LogP contribution in [0.25, 0.3) is 33.0 Å². The molecular formula is C41H44N12O7. The summed E-state index contributed by atoms with van der Waals surface area (Å²) >= 11 is 0. The molecule has 0 saturated heterocycles. The highest BCUT2D eigenvalue weighted by Gasteiger charge is 2.25. The molecule has 2 aromatic carbocycles. The zero-order valence-corrected chi connectivity index (χ0v) is 33.5. The number of nitrogens with one attached hydrogen (secondary N) is 2. The lowest BCUT2D eigenvalue weighted by Crippen LogP contribution is -2.20. The number of primary amides is 2. The van der Waals surface area contributed by atoms with Gasteiger partial charge in [-0.15, -0.1) is 6.58 Å². The number of anilines is 2. The number of ether oxygens (including phenoxy) is 1. The number of aryl methyl sites for hydroxylation is 4. The molecular weight excluding hydrogens is 773 g/mol. The Hall–Kier alpha value is -7.54. The van der Waals surface area contributed by atoms with E-state index in [2.05, 4.69) is 27.4 Å². The summed E-state index contributed by atoms with van der Waals surface area (Å²) in [5, 5.41) is 24.7. The number of fused-ring (bicyclic) bond motifs is 4. The second-order valence-corrected chi connectivity index (χ2v) is 14.0. The van der Waals surface area contributed by atoms with Crippen molar-refractivity contribution in [1.29, 1.82) is 0 Å². The molecule has 0 aliphatic heterocycles. The van der Waals surface area contributed by atoms with Gasteiger partial charge >= 0.3 is 0 Å². The van der Waals surface area contributed by atoms with Crippen molar-refractivity contribution in [3.05, 3.63) is 101 Å². The molecule has 4 amide bonds. The van der Waals surface area contributed by atoms with E-state index in [1.807, 2.05) is 19.1 Å². The van der Waals surface area contributed by atoms with Gasteiger partial charge in [-0.05, 0) is 64.1 Å². The molecule has 0 atom stereocenters. The number of benzene rings is 2. The third-order valence-corrected chi connectivity index (χ3v) is 9.61. The van der Waals surface area contributed by atoms with E-state index in [-0.39, 0.29) is 60.7 Å². The topological polar surface area (TPSA) is 258 Å². The summed E-state index contributed by atoms with van der Waals surface area (Å²) in [4.78, 5) is 61.9. The van der Waals surface area contributed by atoms with E-state index in [0.29, 0.717) is 75.5 Å². The van der Waals surface area contributed by atoms with Gasteiger partial charge in [0.05, 0.1) is 46.7 Å². The van der Waals surface area contributed by atoms with Crippen LogP contribution in [0.4, 0.5) is 11.9 Å². The summed E-state index contributed by atoms with van der Waals surface area (Å²) in [7, 11) is 0. The quantitative estimate of drug-likeness (QED) is 0.0637. The molecule has 5 aromatic heterocycles. The van der Waals surface area contributed by atoms with E-state index in [1.165, 1.54) is 22.9 Å². The second kappa shape index (κ2) is 16.7. The maximum Gasteiger partial charge on any atom is 0.276 e. The molecule has 0 saturated carbocycles. The Morgan fingerprint density at radius 3 is 2.00 bits per heavy atom. The lowest BCUT2D eigenvalue weighted by molar-refractivity contribution is 0.0992. The molecule has 19 nitrogen and oxygen atoms in total. The average molecular weight is 817 g/mol. The van der Waals surface area contributed by atoms with Gasteiger partial charge in [0.15, 0.2) is 0 Å². The number of imidazole rings is 2. The van der Waals surface area contributed by atoms with Gasteiger partial charge in [-0.2, -0.15) is 10.2 Å². The molecule has 7 aromatic rings. The maximum atomic E-state index is 13.8. The summed E-state index contributed by atoms with van der Waals surface area (Å²) < 4.78 is 18.6. The molecule has 0 aliphatic carbocycles. The Labute approximate surface area is 342 Å². The Balaban J connectivity index is 1.31. The molecule has 19 heteroatoms. The number of carbonyl (C=O) groups is 4. The fourth-order valence-electron chi connectivity index (χ4n) is 7.06. The number of hydrogen-bond donors (Lipinski definition) is 5. The van der Waals surface area contributed by atoms with Crippen molar-refractivity contribution >= 4 is 68.6 Å². The molecule has 0 aliphatic rings. The standard InChI is InChI=1S/C41H44N12O7/c1-6-11-53-31(17-23(4)49-53)39(58)47-40-45-29-21-27(37(43)56)35-26(18-24(5)60-35)33(29)50(40)12-8-9-13-51-34-28(19-25(36(42)55)20-32(34)59-15-10-14-54)44-41(51)46-38(57)30-16-22(3)48-52(30)7-2/h6,8-9,16-21,54H,1,7,10-15H2,2-5H3,(H2,42,55)(H2,43,56)(H,44,46,57)(H,45,47,58)/b9-8+. The molecule has 7 rings (SSSR count). The molecule has 0 unspecified atom stereocenters. The summed E-state index contributed by atoms with van der Waals surface area (Å²) in [6, 6.07) is 9.65. The van der Waals surface area contributed by atoms with Gasteiger partial charge in [-0.3, -0.25) is 39.2 Å². The van der Waals surface area contributed by atoms with Crippen LogP contribution in [0, 0.1) is 20.8 Å². The Kier molecular flexibility index (Phi) is 11.3. The van der Waals surface area contributed by atoms with E-state index in [0.717, 1.165) is 0 Å². The van der Waals surface area contributed by atoms with Crippen molar-refractivity contribution < 1.29 is 33.4 Å². The smallest absolute Gasteiger partial charge is 0.276 e. The summed E-state index contributed by atoms with van der Waals surface area (Å²) in [6.07, 6.45) is 5.61. The zero-order chi connectivity index (χ0) is 42.8. The predicted molar refractivity (Wildman–Crippen MR) is 223 cm³/mol. The number of nitrogens with two attached hydrogens (primary N) is 2. The van der Waals surface area contributed by atoms with Crippen molar-refractivity contribution in [3.8, 4) is 5.75 Å². The van der Waals surface area contributed by atoms with Crippen LogP contribution in [-0.4, -0.2) is 80.6 Å². The van der Waals surface area contributed by atoms with Crippen LogP contribution in [0.5, 0.6) is 5.75 Å². The maximum absolute atomic E-state index is 13.8. The summed E-state index contributed by atoms with van der Waals surface area (Å²) in [5.41, 5.74) is 15.7. The lowest BCUT2D eigenvalue weighted by atomic mass is 10.1. The average Bonchev–Trinajstić information content (AvgIpc) is 4.02. The number of nitrogens with zero attached hydrogens (tertiary/aromatic N) is 8. The number of hydrogen-bond acceptors (Lipinski definition) is 11. The van der Waals surface area contributed by atoms with Gasteiger partial charge in [0, 0.05) is 43.6 Å². The Bertz CT molecular complexity index is 2870. The number of carbonyl (C=O) groups excluding carboxylic acids is 4. The predicted octanol–water partition coefficient (Wildman–Crippen LogP) is 4.38. The summed E-state index contributed by atoms with van der Waals surface area (Å²) in [5.74, 6) is -1.20. The minimum absolute atomic E-state index is 0.121. The van der Waals surface area contributed by atoms with E-state index >= 15 is 0 Å². The van der Waals surface area contributed by atoms with Crippen LogP contribution < -0.4 is 26.8 Å². The van der Waals surface area contributed by atoms with Crippen LogP contribution in [0.1, 0.15) is 72.2 Å². The van der Waals surface area contributed by atoms with Gasteiger partial charge in [0.2, 0.25) is 17.8 Å². The van der Waals surface area contributed by atoms with Crippen LogP contribution in [0.3, 0.4) is 0 Å². The Morgan fingerprint density at radius 1 is 0.817 bits per heavy atom. The summed E-state index contributed by atoms with van der Waals surface area (Å²) in [6.45, 7) is 12.0. The molecule has 310 valence electrons. The molecule has 0 fully saturated rings. The number of furan rings is 1. The molecule has 7 N–H and O–H groups in total. The first-order valence-electron chi connectivity index (χ1n) is 19.1. The highest BCUT2D eigenvalue weighted by Crippen LogP contribution is 2.34. The van der Waals surface area contributed by atoms with Crippen LogP contribution >= 0.6 is 0 Å². The first-order valence-corrected chi connectivity index (χ1v) is 19.1. The minimum atomic E-state index is -0.702. The van der Waals surface area contributed by atoms with Gasteiger partial charge in [0.25, 0.3) is 17.7 Å². The van der Waals surface area contributed by atoms with Gasteiger partial charge in [-0.25, -0.2) is 9.97 Å². The number of aliphatic hydroxyl groups is 1. The SMILES string of the molecule is C=CCn1nc(C)cc1C(=O)Nc1nc2cc(C(N)=O)c3oc(C)cc3c2n1C/C=C/Cn1c(NC(=O)c2cc(C)nn2CC)nc2cc(C(N)=O)cc(OCCCO)c21. The first kappa shape index (κ1) is 40.6. The molecule has 0 spiro atoms. The van der Waals surface area contributed by atoms with E-state index in [9.17, 15) is 24.3 Å². The fraction of sp³-hybridized carbons (Fsp3) is 0.268. The van der Waals surface area contributed by atoms with Crippen molar-refractivity contribution in [1.82, 2.24) is 38.7 Å². The van der Waals surface area contributed by atoms with Crippen LogP contribution in [-0.2, 0) is 26.2 Å². The third kappa shape index (κ3) is 7.84. The fourth-order valence-corrected chi connectivity index (χ4v) is 7.06. The van der Waals surface area contributed by atoms with Crippen molar-refractivity contribution in [2.45, 2.75) is 60.3 Å². The van der Waals surface area contributed by atoms with Crippen molar-refractivity contribution in [3.63, 3.8) is 0 Å². The van der Waals surface area contributed by atoms with Crippen LogP contribution in [0.2, 0.25) is 0 Å². The second-order valence-electron chi connectivity index (χ2n) is 14.0. The third-order valence-electron chi connectivity index (χ3n) is 9.61. The van der Waals surface area contributed by atoms with Crippen molar-refractivity contribution in [2.24, 2.45) is 11.5 Å². The zero-order valence-electron chi connectivity index (χ0n) is 33.5. The number of amides is 4. The van der Waals surface area contributed by atoms with Gasteiger partial charge < -0.3 is 34.9 Å². The largest absolute Gasteiger partial charge is 0.491 e. The molecule has 0 radical (unpaired) electrons. The first-order chi connectivity index (χ1) is 28.8. The molecule has 60 heavy (non-hydrogen) atoms. The molecule has 5 heterocycles. The van der Waals surface area contributed by atoms with E-state index in [1.54, 1.807) is 58.9 Å². The monoisotopic (exact) mass is 816 g/mol. The van der Waals surface area contributed by atoms with Crippen LogP contribution in [0.15, 0.2) is 65.6 Å². The molecule has 0 bridgehead atoms. The minimum Gasteiger partial charge on any atom is -0.491 e. The normalized spacial score (nSPS) is 11.6.